The standard InChI is InChI=1S/C22H16F3N3O2/c1-30-14-4-5-18-15(9-14)16(10-19(28-18)12-2-3-12)21(29)17(11-26)20-8-13(6-7-27-20)22(23,24)25/h4-10,12,17H,2-3H2,1H3. The summed E-state index contributed by atoms with van der Waals surface area (Å²) in [4.78, 5) is 21.8. The highest BCUT2D eigenvalue weighted by Crippen LogP contribution is 2.41. The predicted octanol–water partition coefficient (Wildman–Crippen LogP) is 5.02. The lowest BCUT2D eigenvalue weighted by Crippen LogP contribution is -2.15. The first kappa shape index (κ1) is 19.8. The number of fused-ring (bicyclic) bond motifs is 1. The van der Waals surface area contributed by atoms with Gasteiger partial charge < -0.3 is 4.74 Å². The lowest BCUT2D eigenvalue weighted by molar-refractivity contribution is -0.137. The van der Waals surface area contributed by atoms with Crippen molar-refractivity contribution in [3.63, 3.8) is 0 Å². The summed E-state index contributed by atoms with van der Waals surface area (Å²) in [5.41, 5.74) is 0.340. The first-order valence-corrected chi connectivity index (χ1v) is 9.27. The number of hydrogen-bond donors (Lipinski definition) is 0. The van der Waals surface area contributed by atoms with E-state index in [0.717, 1.165) is 36.9 Å². The lowest BCUT2D eigenvalue weighted by Gasteiger charge is -2.14. The van der Waals surface area contributed by atoms with Gasteiger partial charge in [0.25, 0.3) is 0 Å². The van der Waals surface area contributed by atoms with Crippen LogP contribution in [0.3, 0.4) is 0 Å². The number of pyridine rings is 2. The Bertz CT molecular complexity index is 1180. The fourth-order valence-corrected chi connectivity index (χ4v) is 3.34. The van der Waals surface area contributed by atoms with E-state index in [4.69, 9.17) is 4.74 Å². The van der Waals surface area contributed by atoms with E-state index in [2.05, 4.69) is 9.97 Å². The summed E-state index contributed by atoms with van der Waals surface area (Å²) in [7, 11) is 1.49. The second-order valence-electron chi connectivity index (χ2n) is 7.15. The molecule has 1 aliphatic rings. The van der Waals surface area contributed by atoms with Crippen LogP contribution in [0, 0.1) is 11.3 Å². The van der Waals surface area contributed by atoms with E-state index < -0.39 is 23.4 Å². The van der Waals surface area contributed by atoms with Crippen molar-refractivity contribution in [2.75, 3.05) is 7.11 Å². The molecule has 2 aromatic heterocycles. The van der Waals surface area contributed by atoms with Gasteiger partial charge in [0, 0.05) is 28.8 Å². The second-order valence-corrected chi connectivity index (χ2v) is 7.15. The van der Waals surface area contributed by atoms with Crippen LogP contribution in [0.1, 0.15) is 52.0 Å². The van der Waals surface area contributed by atoms with E-state index in [9.17, 15) is 23.2 Å². The predicted molar refractivity (Wildman–Crippen MR) is 102 cm³/mol. The normalized spacial score (nSPS) is 14.9. The van der Waals surface area contributed by atoms with Crippen LogP contribution in [0.5, 0.6) is 5.75 Å². The largest absolute Gasteiger partial charge is 0.497 e. The van der Waals surface area contributed by atoms with Gasteiger partial charge in [-0.25, -0.2) is 0 Å². The van der Waals surface area contributed by atoms with Gasteiger partial charge in [0.05, 0.1) is 30.0 Å². The van der Waals surface area contributed by atoms with E-state index in [-0.39, 0.29) is 17.2 Å². The Kier molecular flexibility index (Phi) is 4.90. The lowest BCUT2D eigenvalue weighted by atomic mass is 9.91. The molecule has 8 heteroatoms. The number of ketones is 1. The molecule has 4 rings (SSSR count). The average Bonchev–Trinajstić information content (AvgIpc) is 3.58. The van der Waals surface area contributed by atoms with E-state index >= 15 is 0 Å². The smallest absolute Gasteiger partial charge is 0.416 e. The first-order chi connectivity index (χ1) is 14.3. The van der Waals surface area contributed by atoms with Gasteiger partial charge in [-0.3, -0.25) is 14.8 Å². The number of carbonyl (C=O) groups is 1. The Morgan fingerprint density at radius 2 is 2.00 bits per heavy atom. The van der Waals surface area contributed by atoms with Crippen LogP contribution < -0.4 is 4.74 Å². The molecule has 0 saturated heterocycles. The molecule has 0 N–H and O–H groups in total. The molecule has 1 fully saturated rings. The molecule has 3 aromatic rings. The van der Waals surface area contributed by atoms with Crippen molar-refractivity contribution >= 4 is 16.7 Å². The molecule has 152 valence electrons. The monoisotopic (exact) mass is 411 g/mol. The minimum Gasteiger partial charge on any atom is -0.497 e. The molecule has 5 nitrogen and oxygen atoms in total. The zero-order chi connectivity index (χ0) is 21.5. The van der Waals surface area contributed by atoms with Crippen molar-refractivity contribution in [3.8, 4) is 11.8 Å². The molecule has 1 aromatic carbocycles. The summed E-state index contributed by atoms with van der Waals surface area (Å²) in [6.07, 6.45) is -1.73. The van der Waals surface area contributed by atoms with Crippen LogP contribution in [-0.4, -0.2) is 22.9 Å². The van der Waals surface area contributed by atoms with Crippen molar-refractivity contribution in [2.45, 2.75) is 30.9 Å². The maximum atomic E-state index is 13.3. The summed E-state index contributed by atoms with van der Waals surface area (Å²) < 4.78 is 44.5. The quantitative estimate of drug-likeness (QED) is 0.551. The minimum absolute atomic E-state index is 0.228. The Hall–Kier alpha value is -3.47. The van der Waals surface area contributed by atoms with Gasteiger partial charge in [-0.15, -0.1) is 0 Å². The first-order valence-electron chi connectivity index (χ1n) is 9.27. The van der Waals surface area contributed by atoms with Crippen LogP contribution in [0.4, 0.5) is 13.2 Å². The number of ether oxygens (including phenoxy) is 1. The van der Waals surface area contributed by atoms with Crippen molar-refractivity contribution in [1.29, 1.82) is 5.26 Å². The molecule has 0 bridgehead atoms. The zero-order valence-corrected chi connectivity index (χ0v) is 15.9. The molecular formula is C22H16F3N3O2. The summed E-state index contributed by atoms with van der Waals surface area (Å²) in [6, 6.07) is 10.1. The molecule has 0 spiro atoms. The Morgan fingerprint density at radius 3 is 2.63 bits per heavy atom. The number of benzene rings is 1. The van der Waals surface area contributed by atoms with E-state index in [1.54, 1.807) is 24.3 Å². The van der Waals surface area contributed by atoms with Gasteiger partial charge in [0.1, 0.15) is 5.75 Å². The summed E-state index contributed by atoms with van der Waals surface area (Å²) in [5, 5.41) is 10.1. The molecule has 1 aliphatic carbocycles. The molecule has 1 atom stereocenters. The number of Topliss-reactive ketones (excluding diaryl/α,β-unsaturated/α-hetero) is 1. The Labute approximate surface area is 170 Å². The summed E-state index contributed by atoms with van der Waals surface area (Å²) in [5.74, 6) is -1.35. The maximum absolute atomic E-state index is 13.3. The summed E-state index contributed by atoms with van der Waals surface area (Å²) in [6.45, 7) is 0. The molecule has 1 unspecified atom stereocenters. The second kappa shape index (κ2) is 7.41. The third kappa shape index (κ3) is 3.71. The van der Waals surface area contributed by atoms with Gasteiger partial charge in [-0.1, -0.05) is 0 Å². The number of nitrogens with zero attached hydrogens (tertiary/aromatic N) is 3. The SMILES string of the molecule is COc1ccc2nc(C3CC3)cc(C(=O)C(C#N)c3cc(C(F)(F)F)ccn3)c2c1. The minimum atomic E-state index is -4.60. The van der Waals surface area contributed by atoms with Gasteiger partial charge in [0.15, 0.2) is 11.7 Å². The molecule has 0 amide bonds. The van der Waals surface area contributed by atoms with Gasteiger partial charge in [-0.2, -0.15) is 18.4 Å². The summed E-state index contributed by atoms with van der Waals surface area (Å²) >= 11 is 0. The van der Waals surface area contributed by atoms with Crippen molar-refractivity contribution in [2.24, 2.45) is 0 Å². The highest BCUT2D eigenvalue weighted by atomic mass is 19.4. The molecular weight excluding hydrogens is 395 g/mol. The van der Waals surface area contributed by atoms with Crippen LogP contribution >= 0.6 is 0 Å². The van der Waals surface area contributed by atoms with Crippen molar-refractivity contribution < 1.29 is 22.7 Å². The van der Waals surface area contributed by atoms with Gasteiger partial charge in [-0.05, 0) is 49.2 Å². The third-order valence-corrected chi connectivity index (χ3v) is 5.09. The average molecular weight is 411 g/mol. The van der Waals surface area contributed by atoms with Crippen LogP contribution in [-0.2, 0) is 6.18 Å². The molecule has 0 radical (unpaired) electrons. The Morgan fingerprint density at radius 1 is 1.23 bits per heavy atom. The van der Waals surface area contributed by atoms with Gasteiger partial charge >= 0.3 is 6.18 Å². The number of methoxy groups -OCH3 is 1. The van der Waals surface area contributed by atoms with Crippen LogP contribution in [0.25, 0.3) is 10.9 Å². The highest BCUT2D eigenvalue weighted by Gasteiger charge is 2.34. The molecule has 1 saturated carbocycles. The number of alkyl halides is 3. The maximum Gasteiger partial charge on any atom is 0.416 e. The number of aromatic nitrogens is 2. The number of hydrogen-bond acceptors (Lipinski definition) is 5. The zero-order valence-electron chi connectivity index (χ0n) is 15.9. The number of carbonyl (C=O) groups excluding carboxylic acids is 1. The molecule has 30 heavy (non-hydrogen) atoms. The van der Waals surface area contributed by atoms with Crippen molar-refractivity contribution in [1.82, 2.24) is 9.97 Å². The Balaban J connectivity index is 1.84. The fourth-order valence-electron chi connectivity index (χ4n) is 3.34. The topological polar surface area (TPSA) is 75.9 Å². The molecule has 0 aliphatic heterocycles. The van der Waals surface area contributed by atoms with Crippen LogP contribution in [0.15, 0.2) is 42.6 Å². The van der Waals surface area contributed by atoms with E-state index in [1.807, 2.05) is 6.07 Å². The third-order valence-electron chi connectivity index (χ3n) is 5.09. The number of nitriles is 1. The van der Waals surface area contributed by atoms with Crippen LogP contribution in [0.2, 0.25) is 0 Å². The van der Waals surface area contributed by atoms with E-state index in [0.29, 0.717) is 16.7 Å². The fraction of sp³-hybridized carbons (Fsp3) is 0.273. The number of halogens is 3. The number of rotatable bonds is 5. The van der Waals surface area contributed by atoms with E-state index in [1.165, 1.54) is 7.11 Å². The molecule has 2 heterocycles. The van der Waals surface area contributed by atoms with Crippen molar-refractivity contribution in [3.05, 3.63) is 65.1 Å². The highest BCUT2D eigenvalue weighted by molar-refractivity contribution is 6.11. The van der Waals surface area contributed by atoms with Gasteiger partial charge in [0.2, 0.25) is 0 Å².